The van der Waals surface area contributed by atoms with Crippen molar-refractivity contribution in [2.45, 2.75) is 39.5 Å². The topological polar surface area (TPSA) is 0 Å². The van der Waals surface area contributed by atoms with Crippen LogP contribution >= 0.6 is 0 Å². The smallest absolute Gasteiger partial charge is 0.0251 e. The monoisotopic (exact) mass is 262 g/mol. The van der Waals surface area contributed by atoms with Crippen LogP contribution in [0, 0.1) is 11.8 Å². The van der Waals surface area contributed by atoms with Gasteiger partial charge in [0.15, 0.2) is 0 Å². The lowest BCUT2D eigenvalue weighted by atomic mass is 9.87. The summed E-state index contributed by atoms with van der Waals surface area (Å²) in [5.74, 6) is 6.48. The maximum atomic E-state index is 3.24. The summed E-state index contributed by atoms with van der Waals surface area (Å²) in [6, 6.07) is 17.0. The number of hydrogen-bond acceptors (Lipinski definition) is 0. The minimum atomic E-state index is 0.196. The molecule has 0 fully saturated rings. The Labute approximate surface area is 122 Å². The van der Waals surface area contributed by atoms with Crippen molar-refractivity contribution in [2.75, 3.05) is 0 Å². The van der Waals surface area contributed by atoms with Crippen molar-refractivity contribution < 1.29 is 0 Å². The van der Waals surface area contributed by atoms with E-state index < -0.39 is 0 Å². The molecule has 0 aliphatic heterocycles. The Morgan fingerprint density at radius 1 is 0.850 bits per heavy atom. The molecule has 2 rings (SSSR count). The largest absolute Gasteiger partial charge is 0.0617 e. The molecule has 0 saturated heterocycles. The fourth-order valence-corrected chi connectivity index (χ4v) is 2.07. The van der Waals surface area contributed by atoms with Gasteiger partial charge >= 0.3 is 0 Å². The van der Waals surface area contributed by atoms with Crippen molar-refractivity contribution in [1.82, 2.24) is 0 Å². The summed E-state index contributed by atoms with van der Waals surface area (Å²) in [5, 5.41) is 0. The van der Waals surface area contributed by atoms with Crippen LogP contribution in [-0.2, 0) is 11.8 Å². The lowest BCUT2D eigenvalue weighted by molar-refractivity contribution is 0.590. The maximum absolute atomic E-state index is 3.24. The SMILES string of the molecule is CCc1cccc(C#Cc2ccc(C(C)(C)C)cc2)c1. The molecule has 0 N–H and O–H groups in total. The maximum Gasteiger partial charge on any atom is 0.0251 e. The zero-order chi connectivity index (χ0) is 14.6. The summed E-state index contributed by atoms with van der Waals surface area (Å²) in [5.41, 5.74) is 5.03. The Morgan fingerprint density at radius 2 is 1.50 bits per heavy atom. The van der Waals surface area contributed by atoms with Crippen molar-refractivity contribution in [3.05, 3.63) is 70.8 Å². The predicted molar refractivity (Wildman–Crippen MR) is 86.9 cm³/mol. The van der Waals surface area contributed by atoms with E-state index in [2.05, 4.69) is 88.1 Å². The van der Waals surface area contributed by atoms with Crippen LogP contribution in [0.15, 0.2) is 48.5 Å². The van der Waals surface area contributed by atoms with E-state index in [-0.39, 0.29) is 5.41 Å². The summed E-state index contributed by atoms with van der Waals surface area (Å²) in [4.78, 5) is 0. The molecule has 0 aliphatic carbocycles. The van der Waals surface area contributed by atoms with E-state index in [1.165, 1.54) is 11.1 Å². The molecular formula is C20H22. The molecule has 0 saturated carbocycles. The second-order valence-corrected chi connectivity index (χ2v) is 6.13. The van der Waals surface area contributed by atoms with Gasteiger partial charge in [0.05, 0.1) is 0 Å². The molecule has 0 heteroatoms. The highest BCUT2D eigenvalue weighted by Crippen LogP contribution is 2.21. The Hall–Kier alpha value is -2.00. The summed E-state index contributed by atoms with van der Waals surface area (Å²) < 4.78 is 0. The molecule has 0 aliphatic rings. The third-order valence-electron chi connectivity index (χ3n) is 3.44. The second-order valence-electron chi connectivity index (χ2n) is 6.13. The number of hydrogen-bond donors (Lipinski definition) is 0. The van der Waals surface area contributed by atoms with Crippen LogP contribution in [0.3, 0.4) is 0 Å². The minimum Gasteiger partial charge on any atom is -0.0617 e. The van der Waals surface area contributed by atoms with Gasteiger partial charge in [-0.15, -0.1) is 0 Å². The average molecular weight is 262 g/mol. The van der Waals surface area contributed by atoms with Gasteiger partial charge in [-0.3, -0.25) is 0 Å². The third-order valence-corrected chi connectivity index (χ3v) is 3.44. The first kappa shape index (κ1) is 14.4. The molecule has 0 nitrogen and oxygen atoms in total. The van der Waals surface area contributed by atoms with Crippen LogP contribution < -0.4 is 0 Å². The molecule has 0 heterocycles. The highest BCUT2D eigenvalue weighted by Gasteiger charge is 2.12. The molecular weight excluding hydrogens is 240 g/mol. The zero-order valence-corrected chi connectivity index (χ0v) is 12.8. The van der Waals surface area contributed by atoms with Gasteiger partial charge in [-0.25, -0.2) is 0 Å². The normalized spacial score (nSPS) is 10.8. The number of benzene rings is 2. The first-order chi connectivity index (χ1) is 9.49. The fraction of sp³-hybridized carbons (Fsp3) is 0.300. The Bertz CT molecular complexity index is 628. The molecule has 0 aromatic heterocycles. The molecule has 0 unspecified atom stereocenters. The summed E-state index contributed by atoms with van der Waals surface area (Å²) >= 11 is 0. The molecule has 2 aromatic rings. The van der Waals surface area contributed by atoms with Crippen LogP contribution in [0.4, 0.5) is 0 Å². The van der Waals surface area contributed by atoms with E-state index in [4.69, 9.17) is 0 Å². The Balaban J connectivity index is 2.20. The van der Waals surface area contributed by atoms with Crippen LogP contribution in [0.5, 0.6) is 0 Å². The second kappa shape index (κ2) is 5.97. The van der Waals surface area contributed by atoms with E-state index in [0.29, 0.717) is 0 Å². The van der Waals surface area contributed by atoms with E-state index in [9.17, 15) is 0 Å². The minimum absolute atomic E-state index is 0.196. The highest BCUT2D eigenvalue weighted by molar-refractivity contribution is 5.45. The predicted octanol–water partition coefficient (Wildman–Crippen LogP) is 4.95. The van der Waals surface area contributed by atoms with Gasteiger partial charge in [0.1, 0.15) is 0 Å². The van der Waals surface area contributed by atoms with Gasteiger partial charge < -0.3 is 0 Å². The molecule has 0 spiro atoms. The average Bonchev–Trinajstić information content (AvgIpc) is 2.45. The van der Waals surface area contributed by atoms with E-state index in [1.54, 1.807) is 0 Å². The van der Waals surface area contributed by atoms with Gasteiger partial charge in [-0.1, -0.05) is 63.8 Å². The van der Waals surface area contributed by atoms with Crippen LogP contribution in [0.25, 0.3) is 0 Å². The first-order valence-corrected chi connectivity index (χ1v) is 7.20. The van der Waals surface area contributed by atoms with Crippen LogP contribution in [-0.4, -0.2) is 0 Å². The lowest BCUT2D eigenvalue weighted by Crippen LogP contribution is -2.10. The van der Waals surface area contributed by atoms with Crippen molar-refractivity contribution in [3.8, 4) is 11.8 Å². The van der Waals surface area contributed by atoms with Gasteiger partial charge in [0, 0.05) is 11.1 Å². The quantitative estimate of drug-likeness (QED) is 0.638. The summed E-state index contributed by atoms with van der Waals surface area (Å²) in [7, 11) is 0. The lowest BCUT2D eigenvalue weighted by Gasteiger charge is -2.18. The molecule has 2 aromatic carbocycles. The molecule has 102 valence electrons. The number of rotatable bonds is 1. The van der Waals surface area contributed by atoms with Gasteiger partial charge in [-0.05, 0) is 47.2 Å². The van der Waals surface area contributed by atoms with E-state index in [1.807, 2.05) is 0 Å². The van der Waals surface area contributed by atoms with Gasteiger partial charge in [0.2, 0.25) is 0 Å². The van der Waals surface area contributed by atoms with E-state index in [0.717, 1.165) is 17.5 Å². The van der Waals surface area contributed by atoms with E-state index >= 15 is 0 Å². The Morgan fingerprint density at radius 3 is 2.10 bits per heavy atom. The highest BCUT2D eigenvalue weighted by atomic mass is 14.2. The van der Waals surface area contributed by atoms with Crippen molar-refractivity contribution >= 4 is 0 Å². The first-order valence-electron chi connectivity index (χ1n) is 7.20. The summed E-state index contributed by atoms with van der Waals surface area (Å²) in [6.07, 6.45) is 1.05. The molecule has 0 atom stereocenters. The molecule has 20 heavy (non-hydrogen) atoms. The number of aryl methyl sites for hydroxylation is 1. The molecule has 0 bridgehead atoms. The third kappa shape index (κ3) is 3.75. The van der Waals surface area contributed by atoms with Crippen molar-refractivity contribution in [3.63, 3.8) is 0 Å². The fourth-order valence-electron chi connectivity index (χ4n) is 2.07. The summed E-state index contributed by atoms with van der Waals surface area (Å²) in [6.45, 7) is 8.84. The Kier molecular flexibility index (Phi) is 4.30. The zero-order valence-electron chi connectivity index (χ0n) is 12.8. The standard InChI is InChI=1S/C20H22/c1-5-16-7-6-8-18(15-16)10-9-17-11-13-19(14-12-17)20(2,3)4/h6-8,11-15H,5H2,1-4H3. The van der Waals surface area contributed by atoms with Crippen LogP contribution in [0.1, 0.15) is 49.9 Å². The van der Waals surface area contributed by atoms with Gasteiger partial charge in [0.25, 0.3) is 0 Å². The van der Waals surface area contributed by atoms with Gasteiger partial charge in [-0.2, -0.15) is 0 Å². The van der Waals surface area contributed by atoms with Crippen molar-refractivity contribution in [2.24, 2.45) is 0 Å². The van der Waals surface area contributed by atoms with Crippen LogP contribution in [0.2, 0.25) is 0 Å². The van der Waals surface area contributed by atoms with Crippen molar-refractivity contribution in [1.29, 1.82) is 0 Å². The molecule has 0 amide bonds. The molecule has 0 radical (unpaired) electrons.